The molecule has 0 saturated carbocycles. The van der Waals surface area contributed by atoms with Gasteiger partial charge in [0.1, 0.15) is 23.2 Å². The van der Waals surface area contributed by atoms with E-state index in [0.29, 0.717) is 17.1 Å². The van der Waals surface area contributed by atoms with Gasteiger partial charge in [0.15, 0.2) is 0 Å². The molecule has 29 heavy (non-hydrogen) atoms. The molecule has 148 valence electrons. The molecule has 3 aromatic rings. The first kappa shape index (κ1) is 17.5. The molecule has 2 aliphatic rings. The fourth-order valence-electron chi connectivity index (χ4n) is 4.22. The third-order valence-corrected chi connectivity index (χ3v) is 5.56. The molecule has 5 rings (SSSR count). The van der Waals surface area contributed by atoms with E-state index in [2.05, 4.69) is 0 Å². The van der Waals surface area contributed by atoms with Crippen LogP contribution in [0.2, 0.25) is 0 Å². The summed E-state index contributed by atoms with van der Waals surface area (Å²) in [5.41, 5.74) is 6.82. The SMILES string of the molecule is CC1(C)Oc2cc(N)ccc2C2C1=CCn1c(=O)n(-c3ccc(F)cc3)c(=O)n12. The molecular formula is C21H19FN4O3. The third kappa shape index (κ3) is 2.41. The highest BCUT2D eigenvalue weighted by Crippen LogP contribution is 2.46. The summed E-state index contributed by atoms with van der Waals surface area (Å²) >= 11 is 0. The van der Waals surface area contributed by atoms with Crippen molar-refractivity contribution in [2.75, 3.05) is 5.73 Å². The predicted octanol–water partition coefficient (Wildman–Crippen LogP) is 2.22. The zero-order valence-corrected chi connectivity index (χ0v) is 15.9. The van der Waals surface area contributed by atoms with E-state index in [1.807, 2.05) is 26.0 Å². The Kier molecular flexibility index (Phi) is 3.46. The quantitative estimate of drug-likeness (QED) is 0.507. The maximum absolute atomic E-state index is 13.4. The van der Waals surface area contributed by atoms with Crippen molar-refractivity contribution in [3.63, 3.8) is 0 Å². The molecule has 2 N–H and O–H groups in total. The zero-order valence-electron chi connectivity index (χ0n) is 15.9. The predicted molar refractivity (Wildman–Crippen MR) is 106 cm³/mol. The molecule has 1 unspecified atom stereocenters. The van der Waals surface area contributed by atoms with E-state index in [4.69, 9.17) is 10.5 Å². The van der Waals surface area contributed by atoms with Crippen molar-refractivity contribution in [2.45, 2.75) is 32.0 Å². The number of nitrogens with zero attached hydrogens (tertiary/aromatic N) is 3. The van der Waals surface area contributed by atoms with Crippen LogP contribution in [0.5, 0.6) is 5.75 Å². The van der Waals surface area contributed by atoms with E-state index in [1.54, 1.807) is 12.1 Å². The van der Waals surface area contributed by atoms with Gasteiger partial charge < -0.3 is 10.5 Å². The van der Waals surface area contributed by atoms with E-state index in [0.717, 1.165) is 15.7 Å². The summed E-state index contributed by atoms with van der Waals surface area (Å²) in [5, 5.41) is 0. The lowest BCUT2D eigenvalue weighted by Gasteiger charge is -2.42. The summed E-state index contributed by atoms with van der Waals surface area (Å²) in [6, 6.07) is 10.1. The molecule has 1 atom stereocenters. The van der Waals surface area contributed by atoms with Gasteiger partial charge in [0, 0.05) is 17.3 Å². The number of hydrogen-bond donors (Lipinski definition) is 1. The summed E-state index contributed by atoms with van der Waals surface area (Å²) < 4.78 is 23.4. The van der Waals surface area contributed by atoms with Gasteiger partial charge in [-0.25, -0.2) is 27.9 Å². The van der Waals surface area contributed by atoms with E-state index in [-0.39, 0.29) is 6.54 Å². The number of aromatic nitrogens is 3. The van der Waals surface area contributed by atoms with Crippen LogP contribution in [0.25, 0.3) is 5.69 Å². The minimum Gasteiger partial charge on any atom is -0.483 e. The number of benzene rings is 2. The Labute approximate surface area is 165 Å². The normalized spacial score (nSPS) is 18.9. The summed E-state index contributed by atoms with van der Waals surface area (Å²) in [5.74, 6) is 0.145. The molecule has 0 spiro atoms. The van der Waals surface area contributed by atoms with Crippen molar-refractivity contribution < 1.29 is 9.13 Å². The monoisotopic (exact) mass is 394 g/mol. The Balaban J connectivity index is 1.79. The topological polar surface area (TPSA) is 84.2 Å². The van der Waals surface area contributed by atoms with Crippen LogP contribution in [0.3, 0.4) is 0 Å². The lowest BCUT2D eigenvalue weighted by molar-refractivity contribution is 0.113. The molecule has 3 heterocycles. The molecular weight excluding hydrogens is 375 g/mol. The second-order valence-electron chi connectivity index (χ2n) is 7.78. The molecule has 0 aliphatic carbocycles. The van der Waals surface area contributed by atoms with Crippen LogP contribution >= 0.6 is 0 Å². The number of ether oxygens (including phenoxy) is 1. The lowest BCUT2D eigenvalue weighted by atomic mass is 9.83. The van der Waals surface area contributed by atoms with Crippen LogP contribution in [0, 0.1) is 5.82 Å². The van der Waals surface area contributed by atoms with Gasteiger partial charge in [-0.15, -0.1) is 0 Å². The first-order valence-electron chi connectivity index (χ1n) is 9.27. The van der Waals surface area contributed by atoms with Gasteiger partial charge in [-0.3, -0.25) is 0 Å². The second kappa shape index (κ2) is 5.73. The molecule has 2 aliphatic heterocycles. The van der Waals surface area contributed by atoms with E-state index >= 15 is 0 Å². The summed E-state index contributed by atoms with van der Waals surface area (Å²) in [6.45, 7) is 4.09. The Hall–Kier alpha value is -3.55. The molecule has 1 aromatic heterocycles. The van der Waals surface area contributed by atoms with Crippen molar-refractivity contribution in [3.05, 3.63) is 86.5 Å². The van der Waals surface area contributed by atoms with Crippen LogP contribution in [-0.4, -0.2) is 19.5 Å². The first-order chi connectivity index (χ1) is 13.8. The number of halogens is 1. The van der Waals surface area contributed by atoms with Crippen LogP contribution in [0.4, 0.5) is 10.1 Å². The van der Waals surface area contributed by atoms with Gasteiger partial charge in [0.05, 0.1) is 12.2 Å². The summed E-state index contributed by atoms with van der Waals surface area (Å²) in [4.78, 5) is 26.4. The smallest absolute Gasteiger partial charge is 0.352 e. The zero-order chi connectivity index (χ0) is 20.5. The van der Waals surface area contributed by atoms with Gasteiger partial charge in [0.2, 0.25) is 0 Å². The standard InChI is InChI=1S/C21H19FN4O3/c1-21(2)16-9-10-24-19(27)25(14-6-3-12(22)4-7-14)20(28)26(24)18(16)15-8-5-13(23)11-17(15)29-21/h3-9,11,18H,10,23H2,1-2H3. The largest absolute Gasteiger partial charge is 0.483 e. The Morgan fingerprint density at radius 3 is 2.55 bits per heavy atom. The van der Waals surface area contributed by atoms with Crippen molar-refractivity contribution >= 4 is 5.69 Å². The van der Waals surface area contributed by atoms with Gasteiger partial charge >= 0.3 is 11.4 Å². The summed E-state index contributed by atoms with van der Waals surface area (Å²) in [6.07, 6.45) is 1.93. The molecule has 0 radical (unpaired) electrons. The van der Waals surface area contributed by atoms with Crippen LogP contribution in [-0.2, 0) is 6.54 Å². The Morgan fingerprint density at radius 2 is 1.83 bits per heavy atom. The lowest BCUT2D eigenvalue weighted by Crippen LogP contribution is -2.46. The molecule has 2 aromatic carbocycles. The number of anilines is 1. The highest BCUT2D eigenvalue weighted by molar-refractivity contribution is 5.55. The Morgan fingerprint density at radius 1 is 1.10 bits per heavy atom. The molecule has 0 bridgehead atoms. The second-order valence-corrected chi connectivity index (χ2v) is 7.78. The van der Waals surface area contributed by atoms with Gasteiger partial charge in [-0.05, 0) is 49.8 Å². The number of nitrogens with two attached hydrogens (primary N) is 1. The van der Waals surface area contributed by atoms with E-state index in [1.165, 1.54) is 33.6 Å². The number of allylic oxidation sites excluding steroid dienone is 1. The van der Waals surface area contributed by atoms with Gasteiger partial charge in [-0.1, -0.05) is 12.1 Å². The third-order valence-electron chi connectivity index (χ3n) is 5.56. The maximum atomic E-state index is 13.4. The molecule has 7 nitrogen and oxygen atoms in total. The summed E-state index contributed by atoms with van der Waals surface area (Å²) in [7, 11) is 0. The number of hydrogen-bond acceptors (Lipinski definition) is 4. The number of rotatable bonds is 1. The minimum atomic E-state index is -0.676. The number of nitrogen functional groups attached to an aromatic ring is 1. The van der Waals surface area contributed by atoms with Crippen molar-refractivity contribution in [1.29, 1.82) is 0 Å². The molecule has 0 amide bonds. The van der Waals surface area contributed by atoms with Gasteiger partial charge in [0.25, 0.3) is 0 Å². The minimum absolute atomic E-state index is 0.241. The van der Waals surface area contributed by atoms with Crippen molar-refractivity contribution in [1.82, 2.24) is 13.9 Å². The average molecular weight is 394 g/mol. The molecule has 0 saturated heterocycles. The van der Waals surface area contributed by atoms with E-state index in [9.17, 15) is 14.0 Å². The fourth-order valence-corrected chi connectivity index (χ4v) is 4.22. The van der Waals surface area contributed by atoms with Gasteiger partial charge in [-0.2, -0.15) is 0 Å². The molecule has 8 heteroatoms. The van der Waals surface area contributed by atoms with Crippen LogP contribution < -0.4 is 21.9 Å². The molecule has 0 fully saturated rings. The number of fused-ring (bicyclic) bond motifs is 5. The fraction of sp³-hybridized carbons (Fsp3) is 0.238. The van der Waals surface area contributed by atoms with Crippen LogP contribution in [0.15, 0.2) is 63.7 Å². The average Bonchev–Trinajstić information content (AvgIpc) is 2.92. The van der Waals surface area contributed by atoms with Crippen molar-refractivity contribution in [2.24, 2.45) is 0 Å². The highest BCUT2D eigenvalue weighted by Gasteiger charge is 2.43. The highest BCUT2D eigenvalue weighted by atomic mass is 19.1. The van der Waals surface area contributed by atoms with Crippen LogP contribution in [0.1, 0.15) is 25.5 Å². The Bertz CT molecular complexity index is 1290. The maximum Gasteiger partial charge on any atom is 0.352 e. The van der Waals surface area contributed by atoms with Crippen molar-refractivity contribution in [3.8, 4) is 11.4 Å². The first-order valence-corrected chi connectivity index (χ1v) is 9.27. The van der Waals surface area contributed by atoms with E-state index < -0.39 is 28.8 Å².